The molecule has 5 nitrogen and oxygen atoms in total. The van der Waals surface area contributed by atoms with E-state index < -0.39 is 9.84 Å². The lowest BCUT2D eigenvalue weighted by molar-refractivity contribution is 0.102. The molecule has 0 radical (unpaired) electrons. The molecule has 0 bridgehead atoms. The summed E-state index contributed by atoms with van der Waals surface area (Å²) in [4.78, 5) is 16.6. The van der Waals surface area contributed by atoms with Crippen molar-refractivity contribution in [3.8, 4) is 0 Å². The van der Waals surface area contributed by atoms with E-state index in [1.54, 1.807) is 24.3 Å². The van der Waals surface area contributed by atoms with Crippen molar-refractivity contribution in [1.29, 1.82) is 0 Å². The highest BCUT2D eigenvalue weighted by atomic mass is 32.2. The van der Waals surface area contributed by atoms with Gasteiger partial charge in [-0.1, -0.05) is 30.3 Å². The van der Waals surface area contributed by atoms with Gasteiger partial charge in [0.2, 0.25) is 0 Å². The summed E-state index contributed by atoms with van der Waals surface area (Å²) in [5.41, 5.74) is 3.29. The number of aromatic nitrogens is 1. The standard InChI is InChI=1S/C21H20N2O3S/c1-15-6-3-4-8-17(15)14-27(25,26)19-12-10-18(11-13-19)23-21(24)20-9-5-7-16(2)22-20/h3-13H,14H2,1-2H3,(H,23,24). The van der Waals surface area contributed by atoms with Gasteiger partial charge in [-0.25, -0.2) is 13.4 Å². The van der Waals surface area contributed by atoms with E-state index in [1.165, 1.54) is 12.1 Å². The number of amides is 1. The average molecular weight is 380 g/mol. The fourth-order valence-corrected chi connectivity index (χ4v) is 4.12. The number of aryl methyl sites for hydroxylation is 2. The Morgan fingerprint density at radius 1 is 0.926 bits per heavy atom. The van der Waals surface area contributed by atoms with Gasteiger partial charge in [-0.2, -0.15) is 0 Å². The van der Waals surface area contributed by atoms with Crippen LogP contribution in [-0.2, 0) is 15.6 Å². The Hall–Kier alpha value is -2.99. The molecule has 0 spiro atoms. The van der Waals surface area contributed by atoms with Gasteiger partial charge >= 0.3 is 0 Å². The third kappa shape index (κ3) is 4.60. The number of pyridine rings is 1. The molecule has 0 aliphatic carbocycles. The summed E-state index contributed by atoms with van der Waals surface area (Å²) in [6.07, 6.45) is 0. The van der Waals surface area contributed by atoms with Crippen LogP contribution < -0.4 is 5.32 Å². The Bertz CT molecular complexity index is 1070. The maximum absolute atomic E-state index is 12.6. The predicted molar refractivity (Wildman–Crippen MR) is 105 cm³/mol. The van der Waals surface area contributed by atoms with E-state index in [4.69, 9.17) is 0 Å². The van der Waals surface area contributed by atoms with E-state index in [9.17, 15) is 13.2 Å². The molecule has 138 valence electrons. The summed E-state index contributed by atoms with van der Waals surface area (Å²) < 4.78 is 25.3. The molecule has 0 saturated carbocycles. The minimum atomic E-state index is -3.46. The minimum absolute atomic E-state index is 0.0570. The van der Waals surface area contributed by atoms with Crippen LogP contribution in [0.5, 0.6) is 0 Å². The number of carbonyl (C=O) groups excluding carboxylic acids is 1. The molecule has 1 heterocycles. The first kappa shape index (κ1) is 18.8. The van der Waals surface area contributed by atoms with Crippen LogP contribution in [0.3, 0.4) is 0 Å². The first-order valence-corrected chi connectivity index (χ1v) is 10.1. The van der Waals surface area contributed by atoms with E-state index in [1.807, 2.05) is 44.2 Å². The second kappa shape index (κ2) is 7.72. The molecule has 0 aliphatic rings. The van der Waals surface area contributed by atoms with Crippen LogP contribution in [-0.4, -0.2) is 19.3 Å². The maximum Gasteiger partial charge on any atom is 0.274 e. The molecule has 0 aliphatic heterocycles. The van der Waals surface area contributed by atoms with Gasteiger partial charge in [-0.05, 0) is 61.4 Å². The van der Waals surface area contributed by atoms with E-state index in [0.29, 0.717) is 11.4 Å². The monoisotopic (exact) mass is 380 g/mol. The summed E-state index contributed by atoms with van der Waals surface area (Å²) in [5.74, 6) is -0.396. The van der Waals surface area contributed by atoms with Gasteiger partial charge in [-0.3, -0.25) is 4.79 Å². The second-order valence-corrected chi connectivity index (χ2v) is 8.32. The Balaban J connectivity index is 1.75. The van der Waals surface area contributed by atoms with Gasteiger partial charge in [-0.15, -0.1) is 0 Å². The summed E-state index contributed by atoms with van der Waals surface area (Å²) >= 11 is 0. The average Bonchev–Trinajstić information content (AvgIpc) is 2.64. The van der Waals surface area contributed by atoms with Crippen LogP contribution >= 0.6 is 0 Å². The number of sulfone groups is 1. The van der Waals surface area contributed by atoms with Crippen molar-refractivity contribution in [2.45, 2.75) is 24.5 Å². The number of benzene rings is 2. The molecule has 2 aromatic carbocycles. The van der Waals surface area contributed by atoms with Gasteiger partial charge in [0.15, 0.2) is 9.84 Å². The third-order valence-corrected chi connectivity index (χ3v) is 5.88. The van der Waals surface area contributed by atoms with Crippen LogP contribution in [0.1, 0.15) is 27.3 Å². The minimum Gasteiger partial charge on any atom is -0.321 e. The molecule has 3 aromatic rings. The van der Waals surface area contributed by atoms with E-state index in [0.717, 1.165) is 16.8 Å². The SMILES string of the molecule is Cc1cccc(C(=O)Nc2ccc(S(=O)(=O)Cc3ccccc3C)cc2)n1. The fourth-order valence-electron chi connectivity index (χ4n) is 2.67. The summed E-state index contributed by atoms with van der Waals surface area (Å²) in [6, 6.07) is 18.8. The van der Waals surface area contributed by atoms with Crippen molar-refractivity contribution < 1.29 is 13.2 Å². The van der Waals surface area contributed by atoms with Crippen molar-refractivity contribution >= 4 is 21.4 Å². The van der Waals surface area contributed by atoms with Crippen molar-refractivity contribution in [3.05, 3.63) is 89.2 Å². The van der Waals surface area contributed by atoms with Crippen molar-refractivity contribution in [2.75, 3.05) is 5.32 Å². The van der Waals surface area contributed by atoms with Crippen molar-refractivity contribution in [1.82, 2.24) is 4.98 Å². The van der Waals surface area contributed by atoms with Crippen molar-refractivity contribution in [3.63, 3.8) is 0 Å². The van der Waals surface area contributed by atoms with Gasteiger partial charge in [0, 0.05) is 11.4 Å². The molecule has 0 unspecified atom stereocenters. The molecule has 0 saturated heterocycles. The summed E-state index contributed by atoms with van der Waals surface area (Å²) in [6.45, 7) is 3.70. The van der Waals surface area contributed by atoms with E-state index in [-0.39, 0.29) is 16.6 Å². The first-order valence-electron chi connectivity index (χ1n) is 8.47. The van der Waals surface area contributed by atoms with Crippen LogP contribution in [0.25, 0.3) is 0 Å². The molecule has 0 atom stereocenters. The molecule has 27 heavy (non-hydrogen) atoms. The Morgan fingerprint density at radius 2 is 1.63 bits per heavy atom. The highest BCUT2D eigenvalue weighted by Crippen LogP contribution is 2.20. The van der Waals surface area contributed by atoms with Crippen molar-refractivity contribution in [2.24, 2.45) is 0 Å². The molecular formula is C21H20N2O3S. The topological polar surface area (TPSA) is 76.1 Å². The largest absolute Gasteiger partial charge is 0.321 e. The van der Waals surface area contributed by atoms with Gasteiger partial charge in [0.25, 0.3) is 5.91 Å². The number of carbonyl (C=O) groups is 1. The first-order chi connectivity index (χ1) is 12.8. The lowest BCUT2D eigenvalue weighted by Gasteiger charge is -2.09. The zero-order chi connectivity index (χ0) is 19.4. The van der Waals surface area contributed by atoms with Crippen LogP contribution in [0, 0.1) is 13.8 Å². The lowest BCUT2D eigenvalue weighted by Crippen LogP contribution is -2.14. The normalized spacial score (nSPS) is 11.2. The maximum atomic E-state index is 12.6. The highest BCUT2D eigenvalue weighted by molar-refractivity contribution is 7.90. The van der Waals surface area contributed by atoms with Gasteiger partial charge < -0.3 is 5.32 Å². The molecule has 0 fully saturated rings. The number of hydrogen-bond acceptors (Lipinski definition) is 4. The third-order valence-electron chi connectivity index (χ3n) is 4.20. The van der Waals surface area contributed by atoms with E-state index >= 15 is 0 Å². The summed E-state index contributed by atoms with van der Waals surface area (Å²) in [5, 5.41) is 2.73. The molecule has 1 aromatic heterocycles. The number of anilines is 1. The smallest absolute Gasteiger partial charge is 0.274 e. The van der Waals surface area contributed by atoms with E-state index in [2.05, 4.69) is 10.3 Å². The fraction of sp³-hybridized carbons (Fsp3) is 0.143. The molecule has 1 N–H and O–H groups in total. The summed E-state index contributed by atoms with van der Waals surface area (Å²) in [7, 11) is -3.46. The Morgan fingerprint density at radius 3 is 2.30 bits per heavy atom. The van der Waals surface area contributed by atoms with Gasteiger partial charge in [0.05, 0.1) is 10.6 Å². The van der Waals surface area contributed by atoms with Gasteiger partial charge in [0.1, 0.15) is 5.69 Å². The highest BCUT2D eigenvalue weighted by Gasteiger charge is 2.17. The quantitative estimate of drug-likeness (QED) is 0.728. The molecular weight excluding hydrogens is 360 g/mol. The van der Waals surface area contributed by atoms with Crippen LogP contribution in [0.2, 0.25) is 0 Å². The molecule has 1 amide bonds. The predicted octanol–water partition coefficient (Wildman–Crippen LogP) is 3.92. The second-order valence-electron chi connectivity index (χ2n) is 6.33. The number of rotatable bonds is 5. The molecule has 6 heteroatoms. The van der Waals surface area contributed by atoms with Crippen LogP contribution in [0.4, 0.5) is 5.69 Å². The zero-order valence-corrected chi connectivity index (χ0v) is 16.0. The van der Waals surface area contributed by atoms with Crippen LogP contribution in [0.15, 0.2) is 71.6 Å². The number of hydrogen-bond donors (Lipinski definition) is 1. The number of nitrogens with one attached hydrogen (secondary N) is 1. The Labute approximate surface area is 159 Å². The number of nitrogens with zero attached hydrogens (tertiary/aromatic N) is 1. The zero-order valence-electron chi connectivity index (χ0n) is 15.1. The lowest BCUT2D eigenvalue weighted by atomic mass is 10.1. The Kier molecular flexibility index (Phi) is 5.37. The molecule has 3 rings (SSSR count).